The SMILES string of the molecule is CCCC(C)C(=O)On1cc(C2(C)CNC2)nn1. The molecule has 1 fully saturated rings. The van der Waals surface area contributed by atoms with Crippen molar-refractivity contribution in [2.24, 2.45) is 5.92 Å². The summed E-state index contributed by atoms with van der Waals surface area (Å²) in [4.78, 5) is 18.1. The molecule has 0 saturated carbocycles. The zero-order chi connectivity index (χ0) is 13.2. The van der Waals surface area contributed by atoms with E-state index in [9.17, 15) is 4.79 Å². The topological polar surface area (TPSA) is 69.0 Å². The first kappa shape index (κ1) is 13.0. The van der Waals surface area contributed by atoms with Gasteiger partial charge in [0, 0.05) is 18.5 Å². The predicted molar refractivity (Wildman–Crippen MR) is 65.9 cm³/mol. The first-order valence-electron chi connectivity index (χ1n) is 6.41. The fourth-order valence-electron chi connectivity index (χ4n) is 1.98. The Kier molecular flexibility index (Phi) is 3.65. The van der Waals surface area contributed by atoms with Crippen LogP contribution in [0.15, 0.2) is 6.20 Å². The molecule has 0 aliphatic carbocycles. The average Bonchev–Trinajstić information content (AvgIpc) is 2.75. The number of carbonyl (C=O) groups excluding carboxylic acids is 1. The van der Waals surface area contributed by atoms with Crippen molar-refractivity contribution in [1.82, 2.24) is 20.5 Å². The van der Waals surface area contributed by atoms with Crippen LogP contribution < -0.4 is 10.2 Å². The number of hydrogen-bond donors (Lipinski definition) is 1. The highest BCUT2D eigenvalue weighted by molar-refractivity contribution is 5.72. The highest BCUT2D eigenvalue weighted by atomic mass is 16.7. The van der Waals surface area contributed by atoms with Crippen molar-refractivity contribution in [3.63, 3.8) is 0 Å². The summed E-state index contributed by atoms with van der Waals surface area (Å²) >= 11 is 0. The Morgan fingerprint density at radius 2 is 2.39 bits per heavy atom. The number of nitrogens with one attached hydrogen (secondary N) is 1. The summed E-state index contributed by atoms with van der Waals surface area (Å²) in [6, 6.07) is 0. The molecule has 1 aromatic rings. The summed E-state index contributed by atoms with van der Waals surface area (Å²) in [5.74, 6) is -0.367. The molecule has 2 heterocycles. The van der Waals surface area contributed by atoms with Gasteiger partial charge in [-0.3, -0.25) is 0 Å². The van der Waals surface area contributed by atoms with Crippen molar-refractivity contribution in [3.8, 4) is 0 Å². The van der Waals surface area contributed by atoms with E-state index in [0.717, 1.165) is 31.6 Å². The minimum absolute atomic E-state index is 0.0136. The van der Waals surface area contributed by atoms with Gasteiger partial charge in [-0.1, -0.05) is 32.0 Å². The molecule has 1 N–H and O–H groups in total. The number of aromatic nitrogens is 3. The highest BCUT2D eigenvalue weighted by Crippen LogP contribution is 2.25. The minimum Gasteiger partial charge on any atom is -0.318 e. The van der Waals surface area contributed by atoms with Gasteiger partial charge in [-0.25, -0.2) is 4.79 Å². The average molecular weight is 252 g/mol. The lowest BCUT2D eigenvalue weighted by Gasteiger charge is -2.37. The number of rotatable bonds is 5. The minimum atomic E-state index is -0.259. The second-order valence-electron chi connectivity index (χ2n) is 5.27. The first-order valence-corrected chi connectivity index (χ1v) is 6.41. The van der Waals surface area contributed by atoms with Crippen LogP contribution in [0.5, 0.6) is 0 Å². The van der Waals surface area contributed by atoms with E-state index in [2.05, 4.69) is 22.6 Å². The van der Waals surface area contributed by atoms with Gasteiger partial charge in [-0.2, -0.15) is 0 Å². The maximum atomic E-state index is 11.7. The summed E-state index contributed by atoms with van der Waals surface area (Å²) in [5, 5.41) is 11.1. The van der Waals surface area contributed by atoms with E-state index in [0.29, 0.717) is 0 Å². The third-order valence-electron chi connectivity index (χ3n) is 3.43. The fraction of sp³-hybridized carbons (Fsp3) is 0.750. The van der Waals surface area contributed by atoms with Gasteiger partial charge < -0.3 is 10.2 Å². The number of carbonyl (C=O) groups is 1. The molecule has 1 aliphatic heterocycles. The second-order valence-corrected chi connectivity index (χ2v) is 5.27. The van der Waals surface area contributed by atoms with Crippen molar-refractivity contribution in [3.05, 3.63) is 11.9 Å². The van der Waals surface area contributed by atoms with Gasteiger partial charge in [0.05, 0.1) is 17.8 Å². The van der Waals surface area contributed by atoms with Crippen LogP contribution in [-0.2, 0) is 10.2 Å². The number of nitrogens with zero attached hydrogens (tertiary/aromatic N) is 3. The predicted octanol–water partition coefficient (Wildman–Crippen LogP) is 0.530. The van der Waals surface area contributed by atoms with Gasteiger partial charge in [-0.05, 0) is 11.6 Å². The summed E-state index contributed by atoms with van der Waals surface area (Å²) < 4.78 is 0. The first-order chi connectivity index (χ1) is 8.55. The van der Waals surface area contributed by atoms with Gasteiger partial charge >= 0.3 is 5.97 Å². The molecular weight excluding hydrogens is 232 g/mol. The quantitative estimate of drug-likeness (QED) is 0.774. The molecule has 1 unspecified atom stereocenters. The zero-order valence-electron chi connectivity index (χ0n) is 11.1. The van der Waals surface area contributed by atoms with Crippen molar-refractivity contribution >= 4 is 5.97 Å². The Morgan fingerprint density at radius 1 is 1.67 bits per heavy atom. The Morgan fingerprint density at radius 3 is 2.94 bits per heavy atom. The third-order valence-corrected chi connectivity index (χ3v) is 3.43. The van der Waals surface area contributed by atoms with E-state index in [1.807, 2.05) is 13.8 Å². The van der Waals surface area contributed by atoms with Crippen LogP contribution in [0.1, 0.15) is 39.3 Å². The van der Waals surface area contributed by atoms with Crippen LogP contribution in [0.2, 0.25) is 0 Å². The Balaban J connectivity index is 1.96. The molecule has 1 aliphatic rings. The van der Waals surface area contributed by atoms with Crippen LogP contribution in [0.25, 0.3) is 0 Å². The maximum absolute atomic E-state index is 11.7. The molecule has 0 aromatic carbocycles. The van der Waals surface area contributed by atoms with Crippen molar-refractivity contribution in [2.45, 2.75) is 39.0 Å². The standard InChI is InChI=1S/C12H20N4O2/c1-4-5-9(2)11(17)18-16-6-10(14-15-16)12(3)7-13-8-12/h6,9,13H,4-5,7-8H2,1-3H3. The Labute approximate surface area is 107 Å². The van der Waals surface area contributed by atoms with Gasteiger partial charge in [-0.15, -0.1) is 5.10 Å². The molecule has 6 heteroatoms. The van der Waals surface area contributed by atoms with Gasteiger partial charge in [0.15, 0.2) is 0 Å². The van der Waals surface area contributed by atoms with Crippen molar-refractivity contribution < 1.29 is 9.63 Å². The van der Waals surface area contributed by atoms with E-state index < -0.39 is 0 Å². The zero-order valence-corrected chi connectivity index (χ0v) is 11.1. The smallest absolute Gasteiger partial charge is 0.318 e. The highest BCUT2D eigenvalue weighted by Gasteiger charge is 2.36. The van der Waals surface area contributed by atoms with Crippen molar-refractivity contribution in [2.75, 3.05) is 13.1 Å². The summed E-state index contributed by atoms with van der Waals surface area (Å²) in [5.41, 5.74) is 0.872. The molecule has 1 atom stereocenters. The molecule has 1 saturated heterocycles. The molecule has 0 radical (unpaired) electrons. The normalized spacial score (nSPS) is 19.1. The van der Waals surface area contributed by atoms with Crippen LogP contribution in [0.3, 0.4) is 0 Å². The van der Waals surface area contributed by atoms with E-state index in [1.54, 1.807) is 6.20 Å². The molecule has 0 spiro atoms. The Bertz CT molecular complexity index is 425. The molecule has 0 bridgehead atoms. The lowest BCUT2D eigenvalue weighted by atomic mass is 9.81. The van der Waals surface area contributed by atoms with Gasteiger partial charge in [0.1, 0.15) is 0 Å². The third kappa shape index (κ3) is 2.53. The molecule has 1 aromatic heterocycles. The monoisotopic (exact) mass is 252 g/mol. The molecule has 0 amide bonds. The maximum Gasteiger partial charge on any atom is 0.337 e. The number of hydrogen-bond acceptors (Lipinski definition) is 5. The molecule has 100 valence electrons. The second kappa shape index (κ2) is 5.06. The van der Waals surface area contributed by atoms with E-state index >= 15 is 0 Å². The lowest BCUT2D eigenvalue weighted by Crippen LogP contribution is -2.54. The van der Waals surface area contributed by atoms with E-state index in [1.165, 1.54) is 4.85 Å². The Hall–Kier alpha value is -1.43. The van der Waals surface area contributed by atoms with E-state index in [4.69, 9.17) is 4.84 Å². The van der Waals surface area contributed by atoms with Crippen molar-refractivity contribution in [1.29, 1.82) is 0 Å². The van der Waals surface area contributed by atoms with Crippen LogP contribution >= 0.6 is 0 Å². The van der Waals surface area contributed by atoms with Crippen LogP contribution in [0.4, 0.5) is 0 Å². The van der Waals surface area contributed by atoms with Gasteiger partial charge in [0.25, 0.3) is 0 Å². The molecule has 18 heavy (non-hydrogen) atoms. The largest absolute Gasteiger partial charge is 0.337 e. The molecule has 2 rings (SSSR count). The fourth-order valence-corrected chi connectivity index (χ4v) is 1.98. The van der Waals surface area contributed by atoms with Crippen LogP contribution in [0, 0.1) is 5.92 Å². The lowest BCUT2D eigenvalue weighted by molar-refractivity contribution is -0.150. The van der Waals surface area contributed by atoms with E-state index in [-0.39, 0.29) is 17.3 Å². The van der Waals surface area contributed by atoms with Crippen LogP contribution in [-0.4, -0.2) is 34.2 Å². The molecular formula is C12H20N4O2. The van der Waals surface area contributed by atoms with Gasteiger partial charge in [0.2, 0.25) is 0 Å². The molecule has 6 nitrogen and oxygen atoms in total. The summed E-state index contributed by atoms with van der Waals surface area (Å²) in [6.07, 6.45) is 3.47. The summed E-state index contributed by atoms with van der Waals surface area (Å²) in [7, 11) is 0. The summed E-state index contributed by atoms with van der Waals surface area (Å²) in [6.45, 7) is 7.78.